The minimum atomic E-state index is -0.268. The molecule has 2 N–H and O–H groups in total. The molecule has 7 heteroatoms. The molecule has 7 nitrogen and oxygen atoms in total. The highest BCUT2D eigenvalue weighted by atomic mass is 16.3. The molecule has 0 bridgehead atoms. The third-order valence-corrected chi connectivity index (χ3v) is 2.13. The van der Waals surface area contributed by atoms with E-state index in [0.29, 0.717) is 17.2 Å². The number of amides is 1. The Hall–Kier alpha value is -2.28. The maximum atomic E-state index is 11.3. The zero-order valence-electron chi connectivity index (χ0n) is 9.16. The second-order valence-electron chi connectivity index (χ2n) is 3.27. The van der Waals surface area contributed by atoms with E-state index in [0.717, 1.165) is 0 Å². The third kappa shape index (κ3) is 2.28. The zero-order valence-corrected chi connectivity index (χ0v) is 9.16. The second-order valence-corrected chi connectivity index (χ2v) is 3.27. The average Bonchev–Trinajstić information content (AvgIpc) is 2.87. The number of carbonyl (C=O) groups excluding carboxylic acids is 1. The highest BCUT2D eigenvalue weighted by molar-refractivity contribution is 5.91. The van der Waals surface area contributed by atoms with Crippen LogP contribution in [-0.2, 0) is 6.61 Å². The molecule has 2 heterocycles. The van der Waals surface area contributed by atoms with Gasteiger partial charge in [-0.05, 0) is 6.07 Å². The fraction of sp³-hybridized carbons (Fsp3) is 0.200. The summed E-state index contributed by atoms with van der Waals surface area (Å²) >= 11 is 0. The van der Waals surface area contributed by atoms with Gasteiger partial charge in [0.2, 0.25) is 5.95 Å². The van der Waals surface area contributed by atoms with Gasteiger partial charge in [-0.3, -0.25) is 4.79 Å². The molecule has 17 heavy (non-hydrogen) atoms. The summed E-state index contributed by atoms with van der Waals surface area (Å²) in [6.07, 6.45) is 4.60. The molecule has 0 aliphatic carbocycles. The van der Waals surface area contributed by atoms with E-state index >= 15 is 0 Å². The van der Waals surface area contributed by atoms with Crippen molar-refractivity contribution in [2.45, 2.75) is 6.61 Å². The summed E-state index contributed by atoms with van der Waals surface area (Å²) in [5.74, 6) is 0.0769. The summed E-state index contributed by atoms with van der Waals surface area (Å²) in [5, 5.41) is 15.4. The van der Waals surface area contributed by atoms with E-state index in [-0.39, 0.29) is 12.5 Å². The molecule has 2 aromatic heterocycles. The van der Waals surface area contributed by atoms with Crippen molar-refractivity contribution in [1.82, 2.24) is 25.1 Å². The molecule has 88 valence electrons. The molecule has 2 rings (SSSR count). The lowest BCUT2D eigenvalue weighted by atomic mass is 10.4. The molecule has 0 aliphatic rings. The zero-order chi connectivity index (χ0) is 12.3. The van der Waals surface area contributed by atoms with Gasteiger partial charge in [0.25, 0.3) is 5.91 Å². The molecule has 2 aromatic rings. The van der Waals surface area contributed by atoms with Crippen LogP contribution in [0.2, 0.25) is 0 Å². The number of aromatic nitrogens is 4. The number of nitrogens with zero attached hydrogens (tertiary/aromatic N) is 4. The molecule has 0 radical (unpaired) electrons. The van der Waals surface area contributed by atoms with Crippen molar-refractivity contribution in [1.29, 1.82) is 0 Å². The number of carbonyl (C=O) groups is 1. The van der Waals surface area contributed by atoms with Crippen LogP contribution in [0.3, 0.4) is 0 Å². The van der Waals surface area contributed by atoms with E-state index < -0.39 is 0 Å². The number of hydrogen-bond acceptors (Lipinski definition) is 5. The molecule has 0 aromatic carbocycles. The van der Waals surface area contributed by atoms with Gasteiger partial charge >= 0.3 is 0 Å². The van der Waals surface area contributed by atoms with Gasteiger partial charge in [-0.15, -0.1) is 0 Å². The van der Waals surface area contributed by atoms with Crippen LogP contribution in [0, 0.1) is 0 Å². The first-order valence-corrected chi connectivity index (χ1v) is 4.94. The van der Waals surface area contributed by atoms with Crippen molar-refractivity contribution < 1.29 is 9.90 Å². The van der Waals surface area contributed by atoms with Crippen molar-refractivity contribution >= 4 is 5.91 Å². The van der Waals surface area contributed by atoms with Gasteiger partial charge < -0.3 is 10.4 Å². The molecule has 0 fully saturated rings. The Labute approximate surface area is 97.1 Å². The van der Waals surface area contributed by atoms with Crippen LogP contribution < -0.4 is 5.32 Å². The van der Waals surface area contributed by atoms with Crippen molar-refractivity contribution in [3.05, 3.63) is 35.9 Å². The monoisotopic (exact) mass is 233 g/mol. The molecule has 1 amide bonds. The van der Waals surface area contributed by atoms with Crippen LogP contribution in [0.25, 0.3) is 5.95 Å². The van der Waals surface area contributed by atoms with E-state index in [1.807, 2.05) is 0 Å². The van der Waals surface area contributed by atoms with Crippen LogP contribution in [0.4, 0.5) is 0 Å². The number of aliphatic hydroxyl groups excluding tert-OH is 1. The Morgan fingerprint density at radius 3 is 2.76 bits per heavy atom. The molecule has 0 atom stereocenters. The number of aliphatic hydroxyl groups is 1. The van der Waals surface area contributed by atoms with Crippen molar-refractivity contribution in [3.63, 3.8) is 0 Å². The largest absolute Gasteiger partial charge is 0.392 e. The van der Waals surface area contributed by atoms with E-state index in [1.165, 1.54) is 24.1 Å². The fourth-order valence-corrected chi connectivity index (χ4v) is 1.23. The fourth-order valence-electron chi connectivity index (χ4n) is 1.23. The van der Waals surface area contributed by atoms with Gasteiger partial charge in [-0.25, -0.2) is 14.6 Å². The van der Waals surface area contributed by atoms with Crippen molar-refractivity contribution in [2.75, 3.05) is 7.05 Å². The summed E-state index contributed by atoms with van der Waals surface area (Å²) in [6, 6.07) is 1.57. The van der Waals surface area contributed by atoms with Gasteiger partial charge in [-0.1, -0.05) is 0 Å². The maximum absolute atomic E-state index is 11.3. The van der Waals surface area contributed by atoms with E-state index in [2.05, 4.69) is 20.4 Å². The molecular formula is C10H11N5O2. The summed E-state index contributed by atoms with van der Waals surface area (Å²) < 4.78 is 1.39. The molecule has 0 saturated carbocycles. The predicted octanol–water partition coefficient (Wildman–Crippen LogP) is -0.486. The molecule has 0 saturated heterocycles. The van der Waals surface area contributed by atoms with Gasteiger partial charge in [0.1, 0.15) is 0 Å². The quantitative estimate of drug-likeness (QED) is 0.746. The van der Waals surface area contributed by atoms with Gasteiger partial charge in [0.15, 0.2) is 5.69 Å². The van der Waals surface area contributed by atoms with Crippen LogP contribution in [0.15, 0.2) is 24.7 Å². The Morgan fingerprint density at radius 2 is 2.18 bits per heavy atom. The first-order valence-electron chi connectivity index (χ1n) is 4.94. The summed E-state index contributed by atoms with van der Waals surface area (Å²) in [4.78, 5) is 19.3. The average molecular weight is 233 g/mol. The SMILES string of the molecule is CNC(=O)c1ccn(-c2ncc(CO)cn2)n1. The minimum Gasteiger partial charge on any atom is -0.392 e. The maximum Gasteiger partial charge on any atom is 0.271 e. The van der Waals surface area contributed by atoms with Gasteiger partial charge in [0, 0.05) is 31.2 Å². The molecule has 0 aliphatic heterocycles. The van der Waals surface area contributed by atoms with E-state index in [1.54, 1.807) is 12.3 Å². The van der Waals surface area contributed by atoms with Crippen LogP contribution in [-0.4, -0.2) is 37.8 Å². The summed E-state index contributed by atoms with van der Waals surface area (Å²) in [6.45, 7) is -0.108. The smallest absolute Gasteiger partial charge is 0.271 e. The first kappa shape index (κ1) is 11.2. The lowest BCUT2D eigenvalue weighted by molar-refractivity contribution is 0.0957. The Balaban J connectivity index is 2.27. The Morgan fingerprint density at radius 1 is 1.47 bits per heavy atom. The van der Waals surface area contributed by atoms with Gasteiger partial charge in [0.05, 0.1) is 6.61 Å². The lowest BCUT2D eigenvalue weighted by Gasteiger charge is -1.99. The third-order valence-electron chi connectivity index (χ3n) is 2.13. The predicted molar refractivity (Wildman–Crippen MR) is 58.5 cm³/mol. The second kappa shape index (κ2) is 4.71. The number of hydrogen-bond donors (Lipinski definition) is 2. The highest BCUT2D eigenvalue weighted by Gasteiger charge is 2.09. The minimum absolute atomic E-state index is 0.108. The summed E-state index contributed by atoms with van der Waals surface area (Å²) in [7, 11) is 1.54. The van der Waals surface area contributed by atoms with Gasteiger partial charge in [-0.2, -0.15) is 5.10 Å². The van der Waals surface area contributed by atoms with E-state index in [4.69, 9.17) is 5.11 Å². The first-order chi connectivity index (χ1) is 8.24. The van der Waals surface area contributed by atoms with Crippen molar-refractivity contribution in [2.24, 2.45) is 0 Å². The lowest BCUT2D eigenvalue weighted by Crippen LogP contribution is -2.18. The van der Waals surface area contributed by atoms with Crippen LogP contribution in [0.5, 0.6) is 0 Å². The normalized spacial score (nSPS) is 10.2. The molecular weight excluding hydrogens is 222 g/mol. The van der Waals surface area contributed by atoms with Crippen LogP contribution >= 0.6 is 0 Å². The number of rotatable bonds is 3. The standard InChI is InChI=1S/C10H11N5O2/c1-11-9(17)8-2-3-15(14-8)10-12-4-7(6-16)5-13-10/h2-5,16H,6H2,1H3,(H,11,17). The Kier molecular flexibility index (Phi) is 3.10. The highest BCUT2D eigenvalue weighted by Crippen LogP contribution is 2.03. The number of nitrogens with one attached hydrogen (secondary N) is 1. The Bertz CT molecular complexity index is 520. The summed E-state index contributed by atoms with van der Waals surface area (Å²) in [5.41, 5.74) is 0.912. The van der Waals surface area contributed by atoms with Crippen molar-refractivity contribution in [3.8, 4) is 5.95 Å². The van der Waals surface area contributed by atoms with E-state index in [9.17, 15) is 4.79 Å². The molecule has 0 unspecified atom stereocenters. The molecule has 0 spiro atoms. The topological polar surface area (TPSA) is 92.9 Å². The van der Waals surface area contributed by atoms with Crippen LogP contribution in [0.1, 0.15) is 16.1 Å².